The fourth-order valence-electron chi connectivity index (χ4n) is 4.08. The van der Waals surface area contributed by atoms with Crippen molar-refractivity contribution in [2.24, 2.45) is 0 Å². The van der Waals surface area contributed by atoms with Crippen LogP contribution in [-0.4, -0.2) is 13.1 Å². The van der Waals surface area contributed by atoms with Crippen LogP contribution in [0.1, 0.15) is 68.1 Å². The van der Waals surface area contributed by atoms with Crippen LogP contribution >= 0.6 is 0 Å². The summed E-state index contributed by atoms with van der Waals surface area (Å²) in [5.74, 6) is 2.59. The molecule has 0 unspecified atom stereocenters. The highest BCUT2D eigenvalue weighted by molar-refractivity contribution is 5.79. The second-order valence-electron chi connectivity index (χ2n) is 6.81. The van der Waals surface area contributed by atoms with Gasteiger partial charge in [-0.2, -0.15) is 0 Å². The van der Waals surface area contributed by atoms with Crippen LogP contribution in [0.15, 0.2) is 28.7 Å². The Morgan fingerprint density at radius 2 is 1.67 bits per heavy atom. The van der Waals surface area contributed by atoms with Gasteiger partial charge in [0.1, 0.15) is 11.3 Å². The van der Waals surface area contributed by atoms with Crippen LogP contribution in [0.5, 0.6) is 0 Å². The van der Waals surface area contributed by atoms with Crippen LogP contribution in [0, 0.1) is 0 Å². The Kier molecular flexibility index (Phi) is 3.72. The molecule has 2 heterocycles. The van der Waals surface area contributed by atoms with Crippen molar-refractivity contribution < 1.29 is 4.42 Å². The van der Waals surface area contributed by atoms with Gasteiger partial charge >= 0.3 is 0 Å². The summed E-state index contributed by atoms with van der Waals surface area (Å²) in [4.78, 5) is 0. The first-order chi connectivity index (χ1) is 10.4. The lowest BCUT2D eigenvalue weighted by Gasteiger charge is -2.21. The zero-order valence-electron chi connectivity index (χ0n) is 12.7. The normalized spacial score (nSPS) is 21.9. The highest BCUT2D eigenvalue weighted by Crippen LogP contribution is 2.36. The van der Waals surface area contributed by atoms with Gasteiger partial charge in [0.15, 0.2) is 0 Å². The second kappa shape index (κ2) is 5.84. The van der Waals surface area contributed by atoms with Gasteiger partial charge < -0.3 is 9.73 Å². The van der Waals surface area contributed by atoms with Crippen molar-refractivity contribution in [1.29, 1.82) is 0 Å². The van der Waals surface area contributed by atoms with Crippen molar-refractivity contribution in [2.75, 3.05) is 13.1 Å². The van der Waals surface area contributed by atoms with Gasteiger partial charge in [-0.15, -0.1) is 0 Å². The van der Waals surface area contributed by atoms with Gasteiger partial charge in [-0.1, -0.05) is 25.3 Å². The minimum Gasteiger partial charge on any atom is -0.461 e. The summed E-state index contributed by atoms with van der Waals surface area (Å²) in [5, 5.41) is 4.74. The molecule has 1 aliphatic carbocycles. The smallest absolute Gasteiger partial charge is 0.134 e. The molecule has 1 aromatic heterocycles. The molecule has 1 saturated heterocycles. The van der Waals surface area contributed by atoms with E-state index >= 15 is 0 Å². The Labute approximate surface area is 126 Å². The number of furan rings is 1. The summed E-state index contributed by atoms with van der Waals surface area (Å²) < 4.78 is 6.12. The Morgan fingerprint density at radius 1 is 0.857 bits per heavy atom. The van der Waals surface area contributed by atoms with E-state index in [0.717, 1.165) is 24.6 Å². The molecule has 0 spiro atoms. The molecular weight excluding hydrogens is 258 g/mol. The van der Waals surface area contributed by atoms with Crippen LogP contribution < -0.4 is 5.32 Å². The standard InChI is InChI=1S/C19H25NO/c1-2-4-14(5-3-1)16-6-7-18-17(12-16)13-19(21-18)15-8-10-20-11-9-15/h6-7,12-15,20H,1-5,8-11H2. The average Bonchev–Trinajstić information content (AvgIpc) is 2.99. The quantitative estimate of drug-likeness (QED) is 0.843. The summed E-state index contributed by atoms with van der Waals surface area (Å²) >= 11 is 0. The number of rotatable bonds is 2. The Balaban J connectivity index is 1.61. The van der Waals surface area contributed by atoms with Gasteiger partial charge in [-0.3, -0.25) is 0 Å². The molecule has 2 fully saturated rings. The molecule has 2 aliphatic rings. The summed E-state index contributed by atoms with van der Waals surface area (Å²) in [7, 11) is 0. The van der Waals surface area contributed by atoms with Crippen LogP contribution in [0.4, 0.5) is 0 Å². The molecular formula is C19H25NO. The number of nitrogens with one attached hydrogen (secondary N) is 1. The van der Waals surface area contributed by atoms with Crippen molar-refractivity contribution in [3.8, 4) is 0 Å². The van der Waals surface area contributed by atoms with Crippen LogP contribution in [0.2, 0.25) is 0 Å². The third kappa shape index (κ3) is 2.74. The highest BCUT2D eigenvalue weighted by Gasteiger charge is 2.20. The van der Waals surface area contributed by atoms with Crippen molar-refractivity contribution in [2.45, 2.75) is 56.8 Å². The number of hydrogen-bond acceptors (Lipinski definition) is 2. The molecule has 1 saturated carbocycles. The molecule has 2 nitrogen and oxygen atoms in total. The zero-order chi connectivity index (χ0) is 14.1. The summed E-state index contributed by atoms with van der Waals surface area (Å²) in [6, 6.07) is 9.19. The van der Waals surface area contributed by atoms with Crippen LogP contribution in [-0.2, 0) is 0 Å². The minimum atomic E-state index is 0.608. The van der Waals surface area contributed by atoms with Gasteiger partial charge in [-0.05, 0) is 68.5 Å². The number of benzene rings is 1. The Morgan fingerprint density at radius 3 is 2.48 bits per heavy atom. The number of hydrogen-bond donors (Lipinski definition) is 1. The van der Waals surface area contributed by atoms with Crippen molar-refractivity contribution in [1.82, 2.24) is 5.32 Å². The molecule has 1 aromatic carbocycles. The highest BCUT2D eigenvalue weighted by atomic mass is 16.3. The molecule has 21 heavy (non-hydrogen) atoms. The third-order valence-electron chi connectivity index (χ3n) is 5.38. The fourth-order valence-corrected chi connectivity index (χ4v) is 4.08. The van der Waals surface area contributed by atoms with E-state index in [4.69, 9.17) is 4.42 Å². The maximum absolute atomic E-state index is 6.12. The summed E-state index contributed by atoms with van der Waals surface area (Å²) in [6.45, 7) is 2.24. The van der Waals surface area contributed by atoms with Gasteiger partial charge in [0.2, 0.25) is 0 Å². The molecule has 4 rings (SSSR count). The van der Waals surface area contributed by atoms with E-state index in [1.54, 1.807) is 0 Å². The molecule has 0 atom stereocenters. The van der Waals surface area contributed by atoms with Crippen LogP contribution in [0.3, 0.4) is 0 Å². The van der Waals surface area contributed by atoms with E-state index in [9.17, 15) is 0 Å². The third-order valence-corrected chi connectivity index (χ3v) is 5.38. The predicted octanol–water partition coefficient (Wildman–Crippen LogP) is 4.95. The molecule has 112 valence electrons. The van der Waals surface area contributed by atoms with Crippen molar-refractivity contribution >= 4 is 11.0 Å². The van der Waals surface area contributed by atoms with E-state index in [-0.39, 0.29) is 0 Å². The molecule has 1 N–H and O–H groups in total. The van der Waals surface area contributed by atoms with E-state index in [2.05, 4.69) is 29.6 Å². The van der Waals surface area contributed by atoms with E-state index in [1.807, 2.05) is 0 Å². The fraction of sp³-hybridized carbons (Fsp3) is 0.579. The monoisotopic (exact) mass is 283 g/mol. The van der Waals surface area contributed by atoms with Crippen molar-refractivity contribution in [3.63, 3.8) is 0 Å². The number of fused-ring (bicyclic) bond motifs is 1. The molecule has 2 aromatic rings. The first-order valence-electron chi connectivity index (χ1n) is 8.64. The first-order valence-corrected chi connectivity index (χ1v) is 8.64. The molecule has 0 amide bonds. The minimum absolute atomic E-state index is 0.608. The molecule has 1 aliphatic heterocycles. The van der Waals surface area contributed by atoms with Gasteiger partial charge in [-0.25, -0.2) is 0 Å². The SMILES string of the molecule is c1cc2oc(C3CCNCC3)cc2cc1C1CCCCC1. The Bertz CT molecular complexity index is 587. The predicted molar refractivity (Wildman–Crippen MR) is 86.9 cm³/mol. The lowest BCUT2D eigenvalue weighted by atomic mass is 9.84. The molecule has 2 heteroatoms. The summed E-state index contributed by atoms with van der Waals surface area (Å²) in [5.41, 5.74) is 2.60. The molecule has 0 bridgehead atoms. The van der Waals surface area contributed by atoms with Crippen LogP contribution in [0.25, 0.3) is 11.0 Å². The zero-order valence-corrected chi connectivity index (χ0v) is 12.7. The second-order valence-corrected chi connectivity index (χ2v) is 6.81. The summed E-state index contributed by atoms with van der Waals surface area (Å²) in [6.07, 6.45) is 9.35. The average molecular weight is 283 g/mol. The van der Waals surface area contributed by atoms with Crippen molar-refractivity contribution in [3.05, 3.63) is 35.6 Å². The lowest BCUT2D eigenvalue weighted by molar-refractivity contribution is 0.397. The maximum Gasteiger partial charge on any atom is 0.134 e. The van der Waals surface area contributed by atoms with Gasteiger partial charge in [0.05, 0.1) is 0 Å². The van der Waals surface area contributed by atoms with Gasteiger partial charge in [0.25, 0.3) is 0 Å². The number of piperidine rings is 1. The molecule has 0 radical (unpaired) electrons. The van der Waals surface area contributed by atoms with Gasteiger partial charge in [0, 0.05) is 11.3 Å². The largest absolute Gasteiger partial charge is 0.461 e. The Hall–Kier alpha value is -1.28. The van der Waals surface area contributed by atoms with E-state index in [1.165, 1.54) is 61.7 Å². The van der Waals surface area contributed by atoms with E-state index in [0.29, 0.717) is 5.92 Å². The maximum atomic E-state index is 6.12. The van der Waals surface area contributed by atoms with E-state index < -0.39 is 0 Å². The first kappa shape index (κ1) is 13.4. The lowest BCUT2D eigenvalue weighted by Crippen LogP contribution is -2.26. The topological polar surface area (TPSA) is 25.2 Å².